The van der Waals surface area contributed by atoms with Crippen LogP contribution in [0.25, 0.3) is 5.57 Å². The van der Waals surface area contributed by atoms with Gasteiger partial charge in [-0.1, -0.05) is 6.08 Å². The van der Waals surface area contributed by atoms with E-state index in [0.29, 0.717) is 13.1 Å². The standard InChI is InChI=1S/C19H29BN2O4S/c1-17(2,3)24-16(23)22-10-8-13(9-11-22)15-21-12-14(27-15)20-25-18(4,5)19(6,7)26-20/h8,12H,9-11H2,1-7H3. The molecule has 27 heavy (non-hydrogen) atoms. The van der Waals surface area contributed by atoms with Gasteiger partial charge in [-0.15, -0.1) is 11.3 Å². The van der Waals surface area contributed by atoms with Gasteiger partial charge < -0.3 is 18.9 Å². The zero-order valence-electron chi connectivity index (χ0n) is 17.3. The highest BCUT2D eigenvalue weighted by molar-refractivity contribution is 7.22. The minimum absolute atomic E-state index is 0.269. The van der Waals surface area contributed by atoms with Crippen molar-refractivity contribution in [1.82, 2.24) is 9.88 Å². The molecule has 8 heteroatoms. The summed E-state index contributed by atoms with van der Waals surface area (Å²) in [4.78, 5) is 18.5. The van der Waals surface area contributed by atoms with Gasteiger partial charge in [0.2, 0.25) is 0 Å². The average Bonchev–Trinajstić information content (AvgIpc) is 3.09. The molecule has 3 heterocycles. The molecule has 1 aromatic heterocycles. The van der Waals surface area contributed by atoms with Crippen molar-refractivity contribution in [1.29, 1.82) is 0 Å². The summed E-state index contributed by atoms with van der Waals surface area (Å²) in [5, 5.41) is 0.962. The first-order valence-corrected chi connectivity index (χ1v) is 10.2. The Morgan fingerprint density at radius 3 is 2.41 bits per heavy atom. The van der Waals surface area contributed by atoms with Crippen LogP contribution < -0.4 is 4.78 Å². The number of rotatable bonds is 2. The SMILES string of the molecule is CC(C)(C)OC(=O)N1CC=C(c2ncc(B3OC(C)(C)C(C)(C)O3)s2)CC1. The van der Waals surface area contributed by atoms with E-state index < -0.39 is 5.60 Å². The molecule has 148 valence electrons. The fourth-order valence-corrected chi connectivity index (χ4v) is 3.80. The van der Waals surface area contributed by atoms with Gasteiger partial charge in [-0.2, -0.15) is 0 Å². The van der Waals surface area contributed by atoms with Crippen LogP contribution in [0.4, 0.5) is 4.79 Å². The Morgan fingerprint density at radius 2 is 1.89 bits per heavy atom. The fourth-order valence-electron chi connectivity index (χ4n) is 2.86. The number of aromatic nitrogens is 1. The first kappa shape index (κ1) is 20.4. The highest BCUT2D eigenvalue weighted by Gasteiger charge is 2.52. The lowest BCUT2D eigenvalue weighted by Crippen LogP contribution is -2.41. The van der Waals surface area contributed by atoms with E-state index in [-0.39, 0.29) is 24.4 Å². The van der Waals surface area contributed by atoms with Gasteiger partial charge in [-0.3, -0.25) is 0 Å². The zero-order valence-corrected chi connectivity index (χ0v) is 18.1. The maximum atomic E-state index is 12.2. The van der Waals surface area contributed by atoms with Crippen molar-refractivity contribution < 1.29 is 18.8 Å². The van der Waals surface area contributed by atoms with E-state index in [1.807, 2.05) is 54.7 Å². The van der Waals surface area contributed by atoms with Gasteiger partial charge in [0.05, 0.1) is 16.0 Å². The first-order chi connectivity index (χ1) is 12.4. The molecule has 1 amide bonds. The average molecular weight is 392 g/mol. The number of thiazole rings is 1. The Hall–Kier alpha value is -1.38. The lowest BCUT2D eigenvalue weighted by Gasteiger charge is -2.32. The number of hydrogen-bond acceptors (Lipinski definition) is 6. The van der Waals surface area contributed by atoms with E-state index in [1.54, 1.807) is 16.2 Å². The summed E-state index contributed by atoms with van der Waals surface area (Å²) in [5.41, 5.74) is -0.0454. The van der Waals surface area contributed by atoms with Crippen LogP contribution in [-0.2, 0) is 14.0 Å². The molecule has 3 rings (SSSR count). The molecule has 0 unspecified atom stereocenters. The Balaban J connectivity index is 1.65. The summed E-state index contributed by atoms with van der Waals surface area (Å²) in [6, 6.07) is 0. The van der Waals surface area contributed by atoms with E-state index in [9.17, 15) is 4.79 Å². The molecule has 0 aromatic carbocycles. The van der Waals surface area contributed by atoms with Crippen molar-refractivity contribution in [3.05, 3.63) is 17.3 Å². The quantitative estimate of drug-likeness (QED) is 0.722. The predicted octanol–water partition coefficient (Wildman–Crippen LogP) is 3.47. The molecule has 0 spiro atoms. The number of hydrogen-bond donors (Lipinski definition) is 0. The van der Waals surface area contributed by atoms with Gasteiger partial charge in [-0.25, -0.2) is 9.78 Å². The van der Waals surface area contributed by atoms with Gasteiger partial charge in [0.1, 0.15) is 10.6 Å². The van der Waals surface area contributed by atoms with Crippen LogP contribution in [-0.4, -0.2) is 53.0 Å². The second-order valence-corrected chi connectivity index (χ2v) is 10.1. The molecular formula is C19H29BN2O4S. The Kier molecular flexibility index (Phi) is 5.20. The second-order valence-electron chi connectivity index (χ2n) is 9.06. The molecule has 0 atom stereocenters. The predicted molar refractivity (Wildman–Crippen MR) is 108 cm³/mol. The zero-order chi connectivity index (χ0) is 20.0. The lowest BCUT2D eigenvalue weighted by molar-refractivity contribution is 0.00578. The summed E-state index contributed by atoms with van der Waals surface area (Å²) in [6.07, 6.45) is 4.38. The van der Waals surface area contributed by atoms with Gasteiger partial charge in [0.25, 0.3) is 0 Å². The summed E-state index contributed by atoms with van der Waals surface area (Å²) in [5.74, 6) is 0. The van der Waals surface area contributed by atoms with Gasteiger partial charge >= 0.3 is 13.2 Å². The fraction of sp³-hybridized carbons (Fsp3) is 0.684. The van der Waals surface area contributed by atoms with Crippen LogP contribution in [0.15, 0.2) is 12.3 Å². The molecule has 0 bridgehead atoms. The van der Waals surface area contributed by atoms with Crippen molar-refractivity contribution in [3.63, 3.8) is 0 Å². The maximum absolute atomic E-state index is 12.2. The number of amides is 1. The molecule has 1 saturated heterocycles. The van der Waals surface area contributed by atoms with Crippen LogP contribution in [0.2, 0.25) is 0 Å². The number of ether oxygens (including phenoxy) is 1. The largest absolute Gasteiger partial charge is 0.507 e. The highest BCUT2D eigenvalue weighted by atomic mass is 32.1. The van der Waals surface area contributed by atoms with Crippen LogP contribution >= 0.6 is 11.3 Å². The molecule has 0 N–H and O–H groups in total. The van der Waals surface area contributed by atoms with Crippen LogP contribution in [0.3, 0.4) is 0 Å². The minimum Gasteiger partial charge on any atom is -0.444 e. The third-order valence-electron chi connectivity index (χ3n) is 5.14. The minimum atomic E-state index is -0.478. The van der Waals surface area contributed by atoms with Crippen molar-refractivity contribution in [2.45, 2.75) is 71.7 Å². The smallest absolute Gasteiger partial charge is 0.444 e. The second kappa shape index (κ2) is 6.90. The van der Waals surface area contributed by atoms with E-state index in [0.717, 1.165) is 21.8 Å². The Morgan fingerprint density at radius 1 is 1.26 bits per heavy atom. The van der Waals surface area contributed by atoms with Crippen molar-refractivity contribution in [2.75, 3.05) is 13.1 Å². The number of nitrogens with zero attached hydrogens (tertiary/aromatic N) is 2. The Labute approximate surface area is 166 Å². The molecule has 1 fully saturated rings. The molecule has 2 aliphatic rings. The Bertz CT molecular complexity index is 735. The van der Waals surface area contributed by atoms with Gasteiger partial charge in [0, 0.05) is 19.3 Å². The van der Waals surface area contributed by atoms with Crippen LogP contribution in [0.5, 0.6) is 0 Å². The normalized spacial score (nSPS) is 22.0. The summed E-state index contributed by atoms with van der Waals surface area (Å²) in [7, 11) is -0.385. The summed E-state index contributed by atoms with van der Waals surface area (Å²) in [6.45, 7) is 15.0. The van der Waals surface area contributed by atoms with Gasteiger partial charge in [0.15, 0.2) is 0 Å². The van der Waals surface area contributed by atoms with Crippen LogP contribution in [0.1, 0.15) is 59.9 Å². The topological polar surface area (TPSA) is 60.9 Å². The monoisotopic (exact) mass is 392 g/mol. The first-order valence-electron chi connectivity index (χ1n) is 9.37. The summed E-state index contributed by atoms with van der Waals surface area (Å²) < 4.78 is 18.6. The highest BCUT2D eigenvalue weighted by Crippen LogP contribution is 2.37. The number of carbonyl (C=O) groups is 1. The van der Waals surface area contributed by atoms with E-state index in [1.165, 1.54) is 0 Å². The third-order valence-corrected chi connectivity index (χ3v) is 6.24. The molecule has 0 radical (unpaired) electrons. The van der Waals surface area contributed by atoms with Crippen molar-refractivity contribution >= 4 is 34.9 Å². The molecular weight excluding hydrogens is 363 g/mol. The molecule has 2 aliphatic heterocycles. The van der Waals surface area contributed by atoms with E-state index in [2.05, 4.69) is 11.1 Å². The van der Waals surface area contributed by atoms with E-state index >= 15 is 0 Å². The lowest BCUT2D eigenvalue weighted by atomic mass is 9.89. The van der Waals surface area contributed by atoms with Crippen molar-refractivity contribution in [3.8, 4) is 0 Å². The number of carbonyl (C=O) groups excluding carboxylic acids is 1. The van der Waals surface area contributed by atoms with Gasteiger partial charge in [-0.05, 0) is 60.5 Å². The summed E-state index contributed by atoms with van der Waals surface area (Å²) >= 11 is 1.59. The third kappa shape index (κ3) is 4.38. The maximum Gasteiger partial charge on any atom is 0.507 e. The molecule has 0 aliphatic carbocycles. The van der Waals surface area contributed by atoms with Crippen molar-refractivity contribution in [2.24, 2.45) is 0 Å². The van der Waals surface area contributed by atoms with E-state index in [4.69, 9.17) is 14.0 Å². The molecule has 6 nitrogen and oxygen atoms in total. The molecule has 0 saturated carbocycles. The van der Waals surface area contributed by atoms with Crippen LogP contribution in [0, 0.1) is 0 Å². The molecule has 1 aromatic rings.